The highest BCUT2D eigenvalue weighted by Gasteiger charge is 2.36. The van der Waals surface area contributed by atoms with E-state index in [0.717, 1.165) is 25.9 Å². The predicted octanol–water partition coefficient (Wildman–Crippen LogP) is 5.72. The largest absolute Gasteiger partial charge is 0.493 e. The van der Waals surface area contributed by atoms with Crippen molar-refractivity contribution in [3.8, 4) is 11.5 Å². The quantitative estimate of drug-likeness (QED) is 0.290. The topological polar surface area (TPSA) is 85.5 Å². The molecule has 2 heterocycles. The van der Waals surface area contributed by atoms with Crippen LogP contribution in [-0.2, 0) is 6.18 Å². The van der Waals surface area contributed by atoms with E-state index in [4.69, 9.17) is 15.2 Å². The number of anilines is 2. The highest BCUT2D eigenvalue weighted by molar-refractivity contribution is 5.92. The van der Waals surface area contributed by atoms with Gasteiger partial charge in [0.2, 0.25) is 0 Å². The van der Waals surface area contributed by atoms with Crippen LogP contribution in [0.15, 0.2) is 24.3 Å². The van der Waals surface area contributed by atoms with Crippen molar-refractivity contribution in [1.29, 1.82) is 0 Å². The Hall–Kier alpha value is -3.34. The molecule has 0 radical (unpaired) electrons. The van der Waals surface area contributed by atoms with Crippen LogP contribution in [0.5, 0.6) is 11.5 Å². The number of nitrogens with two attached hydrogens (primary N) is 1. The van der Waals surface area contributed by atoms with Crippen LogP contribution in [0, 0.1) is 12.7 Å². The molecule has 0 bridgehead atoms. The first-order valence-corrected chi connectivity index (χ1v) is 12.2. The Labute approximate surface area is 213 Å². The van der Waals surface area contributed by atoms with E-state index in [2.05, 4.69) is 27.1 Å². The Bertz CT molecular complexity index is 1280. The van der Waals surface area contributed by atoms with E-state index in [1.807, 2.05) is 0 Å². The molecule has 1 aliphatic rings. The molecule has 37 heavy (non-hydrogen) atoms. The third kappa shape index (κ3) is 5.66. The molecule has 1 fully saturated rings. The number of hydrogen-bond acceptors (Lipinski definition) is 7. The monoisotopic (exact) mass is 521 g/mol. The minimum absolute atomic E-state index is 0.186. The number of fused-ring (bicyclic) bond motifs is 1. The molecule has 2 atom stereocenters. The average Bonchev–Trinajstić information content (AvgIpc) is 3.30. The van der Waals surface area contributed by atoms with Gasteiger partial charge in [0.25, 0.3) is 0 Å². The molecule has 3 aromatic rings. The van der Waals surface area contributed by atoms with Gasteiger partial charge >= 0.3 is 6.18 Å². The Morgan fingerprint density at radius 3 is 2.62 bits per heavy atom. The predicted molar refractivity (Wildman–Crippen MR) is 134 cm³/mol. The molecule has 0 amide bonds. The van der Waals surface area contributed by atoms with Crippen LogP contribution in [0.4, 0.5) is 29.1 Å². The first kappa shape index (κ1) is 26.7. The van der Waals surface area contributed by atoms with Crippen molar-refractivity contribution in [2.45, 2.75) is 51.9 Å². The maximum absolute atomic E-state index is 14.9. The van der Waals surface area contributed by atoms with Gasteiger partial charge in [-0.1, -0.05) is 6.92 Å². The number of nitrogens with one attached hydrogen (secondary N) is 1. The second kappa shape index (κ2) is 10.6. The van der Waals surface area contributed by atoms with E-state index in [-0.39, 0.29) is 11.3 Å². The number of likely N-dealkylation sites (tertiary alicyclic amines) is 1. The van der Waals surface area contributed by atoms with E-state index in [0.29, 0.717) is 52.8 Å². The maximum Gasteiger partial charge on any atom is 0.419 e. The number of methoxy groups -OCH3 is 1. The van der Waals surface area contributed by atoms with Gasteiger partial charge < -0.3 is 20.5 Å². The summed E-state index contributed by atoms with van der Waals surface area (Å²) in [6, 6.07) is 4.67. The van der Waals surface area contributed by atoms with Crippen molar-refractivity contribution < 1.29 is 27.0 Å². The minimum Gasteiger partial charge on any atom is -0.493 e. The highest BCUT2D eigenvalue weighted by atomic mass is 19.4. The summed E-state index contributed by atoms with van der Waals surface area (Å²) in [6.45, 7) is 7.81. The fourth-order valence-corrected chi connectivity index (χ4v) is 4.80. The third-order valence-electron chi connectivity index (χ3n) is 6.68. The first-order chi connectivity index (χ1) is 17.5. The summed E-state index contributed by atoms with van der Waals surface area (Å²) in [6.07, 6.45) is -2.71. The Balaban J connectivity index is 1.69. The van der Waals surface area contributed by atoms with Gasteiger partial charge in [-0.05, 0) is 58.0 Å². The zero-order valence-electron chi connectivity index (χ0n) is 21.2. The molecule has 1 aliphatic heterocycles. The number of nitrogen functional groups attached to an aromatic ring is 1. The minimum atomic E-state index is -4.87. The lowest BCUT2D eigenvalue weighted by Gasteiger charge is -2.23. The summed E-state index contributed by atoms with van der Waals surface area (Å²) in [5, 5.41) is 3.61. The molecule has 200 valence electrons. The molecule has 0 saturated carbocycles. The van der Waals surface area contributed by atoms with Gasteiger partial charge in [0.05, 0.1) is 24.2 Å². The summed E-state index contributed by atoms with van der Waals surface area (Å²) in [7, 11) is 1.54. The standard InChI is InChI=1S/C26H31F4N5O2/c1-5-35-8-6-7-17(35)13-37-23-11-19-21(12-22(23)36-4)33-15(3)34-25(19)32-14(2)18-9-16(31)10-20(24(18)27)26(28,29)30/h9-12,14,17H,5-8,13,31H2,1-4H3,(H,32,33,34)/t14-,17+/m1/s1. The Kier molecular flexibility index (Phi) is 7.63. The van der Waals surface area contributed by atoms with Crippen molar-refractivity contribution in [2.24, 2.45) is 0 Å². The summed E-state index contributed by atoms with van der Waals surface area (Å²) in [5.74, 6) is 0.373. The lowest BCUT2D eigenvalue weighted by Crippen LogP contribution is -2.33. The van der Waals surface area contributed by atoms with Crippen molar-refractivity contribution in [3.63, 3.8) is 0 Å². The molecule has 1 saturated heterocycles. The summed E-state index contributed by atoms with van der Waals surface area (Å²) >= 11 is 0. The van der Waals surface area contributed by atoms with E-state index in [1.165, 1.54) is 13.2 Å². The number of nitrogens with zero attached hydrogens (tertiary/aromatic N) is 3. The third-order valence-corrected chi connectivity index (χ3v) is 6.68. The second-order valence-electron chi connectivity index (χ2n) is 9.21. The maximum atomic E-state index is 14.9. The smallest absolute Gasteiger partial charge is 0.419 e. The lowest BCUT2D eigenvalue weighted by molar-refractivity contribution is -0.140. The highest BCUT2D eigenvalue weighted by Crippen LogP contribution is 2.38. The molecule has 4 rings (SSSR count). The van der Waals surface area contributed by atoms with Gasteiger partial charge in [0.15, 0.2) is 11.5 Å². The van der Waals surface area contributed by atoms with Crippen LogP contribution in [0.3, 0.4) is 0 Å². The van der Waals surface area contributed by atoms with Crippen LogP contribution >= 0.6 is 0 Å². The first-order valence-electron chi connectivity index (χ1n) is 12.2. The van der Waals surface area contributed by atoms with Gasteiger partial charge in [0.1, 0.15) is 24.1 Å². The number of alkyl halides is 3. The fraction of sp³-hybridized carbons (Fsp3) is 0.462. The number of aryl methyl sites for hydroxylation is 1. The van der Waals surface area contributed by atoms with Gasteiger partial charge in [-0.25, -0.2) is 14.4 Å². The normalized spacial score (nSPS) is 17.2. The number of aromatic nitrogens is 2. The molecule has 0 aliphatic carbocycles. The van der Waals surface area contributed by atoms with E-state index >= 15 is 0 Å². The number of ether oxygens (including phenoxy) is 2. The number of likely N-dealkylation sites (N-methyl/N-ethyl adjacent to an activating group) is 1. The van der Waals surface area contributed by atoms with Crippen molar-refractivity contribution in [3.05, 3.63) is 47.0 Å². The molecule has 0 unspecified atom stereocenters. The number of hydrogen-bond donors (Lipinski definition) is 2. The molecule has 3 N–H and O–H groups in total. The molecular weight excluding hydrogens is 490 g/mol. The van der Waals surface area contributed by atoms with E-state index in [1.54, 1.807) is 26.0 Å². The van der Waals surface area contributed by atoms with Crippen molar-refractivity contribution >= 4 is 22.4 Å². The van der Waals surface area contributed by atoms with Crippen LogP contribution < -0.4 is 20.5 Å². The van der Waals surface area contributed by atoms with E-state index < -0.39 is 23.6 Å². The van der Waals surface area contributed by atoms with Crippen LogP contribution in [0.1, 0.15) is 49.7 Å². The van der Waals surface area contributed by atoms with Crippen LogP contribution in [-0.4, -0.2) is 47.7 Å². The zero-order chi connectivity index (χ0) is 26.9. The Morgan fingerprint density at radius 1 is 1.19 bits per heavy atom. The molecule has 2 aromatic carbocycles. The molecule has 0 spiro atoms. The van der Waals surface area contributed by atoms with Crippen molar-refractivity contribution in [1.82, 2.24) is 14.9 Å². The zero-order valence-corrected chi connectivity index (χ0v) is 21.2. The van der Waals surface area contributed by atoms with Gasteiger partial charge in [-0.2, -0.15) is 13.2 Å². The van der Waals surface area contributed by atoms with Gasteiger partial charge in [-0.3, -0.25) is 4.90 Å². The second-order valence-corrected chi connectivity index (χ2v) is 9.21. The fourth-order valence-electron chi connectivity index (χ4n) is 4.80. The summed E-state index contributed by atoms with van der Waals surface area (Å²) in [5.41, 5.74) is 4.41. The molecule has 11 heteroatoms. The van der Waals surface area contributed by atoms with Crippen LogP contribution in [0.2, 0.25) is 0 Å². The molecule has 1 aromatic heterocycles. The lowest BCUT2D eigenvalue weighted by atomic mass is 10.0. The van der Waals surface area contributed by atoms with Crippen molar-refractivity contribution in [2.75, 3.05) is 37.9 Å². The van der Waals surface area contributed by atoms with Crippen LogP contribution in [0.25, 0.3) is 10.9 Å². The average molecular weight is 522 g/mol. The molecular formula is C26H31F4N5O2. The van der Waals surface area contributed by atoms with E-state index in [9.17, 15) is 17.6 Å². The SMILES string of the molecule is CCN1CCC[C@H]1COc1cc2c(N[C@H](C)c3cc(N)cc(C(F)(F)F)c3F)nc(C)nc2cc1OC. The Morgan fingerprint density at radius 2 is 1.95 bits per heavy atom. The summed E-state index contributed by atoms with van der Waals surface area (Å²) in [4.78, 5) is 11.3. The van der Waals surface area contributed by atoms with Gasteiger partial charge in [-0.15, -0.1) is 0 Å². The number of halogens is 4. The van der Waals surface area contributed by atoms with Gasteiger partial charge in [0, 0.05) is 28.7 Å². The number of rotatable bonds is 8. The summed E-state index contributed by atoms with van der Waals surface area (Å²) < 4.78 is 66.6. The molecule has 7 nitrogen and oxygen atoms in total. The number of benzene rings is 2.